The smallest absolute Gasteiger partial charge is 0.271 e. The van der Waals surface area contributed by atoms with Crippen molar-refractivity contribution in [3.63, 3.8) is 0 Å². The molecule has 4 atom stereocenters. The lowest BCUT2D eigenvalue weighted by atomic mass is 10.1. The van der Waals surface area contributed by atoms with Crippen LogP contribution in [-0.2, 0) is 19.7 Å². The molecule has 0 radical (unpaired) electrons. The van der Waals surface area contributed by atoms with Gasteiger partial charge in [-0.1, -0.05) is 0 Å². The molecule has 2 aliphatic rings. The minimum absolute atomic E-state index is 0.256. The van der Waals surface area contributed by atoms with Gasteiger partial charge >= 0.3 is 0 Å². The van der Waals surface area contributed by atoms with Crippen LogP contribution in [0.4, 0.5) is 5.69 Å². The summed E-state index contributed by atoms with van der Waals surface area (Å²) in [6, 6.07) is 1.16. The van der Waals surface area contributed by atoms with Gasteiger partial charge < -0.3 is 10.6 Å². The van der Waals surface area contributed by atoms with Crippen LogP contribution in [-0.4, -0.2) is 79.4 Å². The first-order valence-corrected chi connectivity index (χ1v) is 13.4. The second kappa shape index (κ2) is 8.52. The fourth-order valence-corrected chi connectivity index (χ4v) is 8.46. The van der Waals surface area contributed by atoms with Gasteiger partial charge in [0.25, 0.3) is 17.5 Å². The molecule has 0 saturated carbocycles. The number of nitrogens with one attached hydrogen (secondary N) is 2. The van der Waals surface area contributed by atoms with Crippen molar-refractivity contribution in [2.24, 2.45) is 0 Å². The Morgan fingerprint density at radius 3 is 1.52 bits per heavy atom. The van der Waals surface area contributed by atoms with Gasteiger partial charge in [-0.05, 0) is 6.07 Å². The molecular formula is C16H17Cl2N3O8S2. The maximum atomic E-state index is 12.6. The summed E-state index contributed by atoms with van der Waals surface area (Å²) < 4.78 is 46.6. The molecule has 170 valence electrons. The lowest BCUT2D eigenvalue weighted by Gasteiger charge is -2.16. The fourth-order valence-electron chi connectivity index (χ4n) is 3.36. The number of nitrogens with zero attached hydrogens (tertiary/aromatic N) is 1. The average Bonchev–Trinajstić information content (AvgIpc) is 3.06. The molecule has 15 heteroatoms. The van der Waals surface area contributed by atoms with E-state index in [9.17, 15) is 36.5 Å². The van der Waals surface area contributed by atoms with Crippen molar-refractivity contribution in [3.8, 4) is 0 Å². The number of nitro benzene ring substituents is 1. The van der Waals surface area contributed by atoms with E-state index >= 15 is 0 Å². The van der Waals surface area contributed by atoms with Crippen LogP contribution in [0.3, 0.4) is 0 Å². The second-order valence-corrected chi connectivity index (χ2v) is 12.8. The van der Waals surface area contributed by atoms with Crippen LogP contribution in [0.25, 0.3) is 0 Å². The Morgan fingerprint density at radius 1 is 0.839 bits per heavy atom. The lowest BCUT2D eigenvalue weighted by Crippen LogP contribution is -2.41. The summed E-state index contributed by atoms with van der Waals surface area (Å²) in [7, 11) is -6.85. The molecular weight excluding hydrogens is 497 g/mol. The van der Waals surface area contributed by atoms with Gasteiger partial charge in [0.1, 0.15) is 0 Å². The maximum Gasteiger partial charge on any atom is 0.271 e. The van der Waals surface area contributed by atoms with Crippen LogP contribution >= 0.6 is 23.2 Å². The predicted octanol–water partition coefficient (Wildman–Crippen LogP) is -0.137. The number of benzene rings is 1. The number of sulfone groups is 2. The van der Waals surface area contributed by atoms with E-state index in [4.69, 9.17) is 23.2 Å². The van der Waals surface area contributed by atoms with Gasteiger partial charge in [0.2, 0.25) is 0 Å². The average molecular weight is 514 g/mol. The third kappa shape index (κ3) is 5.64. The molecule has 0 spiro atoms. The maximum absolute atomic E-state index is 12.6. The van der Waals surface area contributed by atoms with Crippen LogP contribution in [0.15, 0.2) is 18.2 Å². The van der Waals surface area contributed by atoms with E-state index in [1.807, 2.05) is 0 Å². The molecule has 3 rings (SSSR count). The Bertz CT molecular complexity index is 1080. The number of amides is 2. The Kier molecular flexibility index (Phi) is 6.52. The first-order chi connectivity index (χ1) is 14.3. The summed E-state index contributed by atoms with van der Waals surface area (Å²) in [6.45, 7) is 0. The zero-order valence-electron chi connectivity index (χ0n) is 15.7. The van der Waals surface area contributed by atoms with E-state index in [-0.39, 0.29) is 34.1 Å². The van der Waals surface area contributed by atoms with Gasteiger partial charge in [-0.15, -0.1) is 23.2 Å². The first-order valence-electron chi connectivity index (χ1n) is 8.86. The third-order valence-electron chi connectivity index (χ3n) is 4.85. The summed E-state index contributed by atoms with van der Waals surface area (Å²) in [4.78, 5) is 35.6. The summed E-state index contributed by atoms with van der Waals surface area (Å²) in [6.07, 6.45) is 0. The Hall–Kier alpha value is -1.96. The van der Waals surface area contributed by atoms with Crippen molar-refractivity contribution in [1.82, 2.24) is 10.6 Å². The number of carbonyl (C=O) groups is 2. The minimum Gasteiger partial charge on any atom is -0.347 e. The largest absolute Gasteiger partial charge is 0.347 e. The molecule has 2 heterocycles. The van der Waals surface area contributed by atoms with E-state index in [1.54, 1.807) is 0 Å². The number of nitro groups is 1. The van der Waals surface area contributed by atoms with Crippen LogP contribution in [0.2, 0.25) is 0 Å². The summed E-state index contributed by atoms with van der Waals surface area (Å²) in [5.74, 6) is -3.06. The number of alkyl halides is 2. The predicted molar refractivity (Wildman–Crippen MR) is 112 cm³/mol. The standard InChI is InChI=1S/C16H17Cl2N3O8S2/c17-11-4-30(26,27)6-13(11)19-15(22)8-1-9(3-10(2-8)21(24)25)16(23)20-14-7-31(28,29)5-12(14)18/h1-3,11-14H,4-7H2,(H,19,22)(H,20,23)/t11-,12+,13-,14-/m1/s1. The molecule has 2 aliphatic heterocycles. The van der Waals surface area contributed by atoms with E-state index in [0.717, 1.165) is 18.2 Å². The second-order valence-electron chi connectivity index (χ2n) is 7.37. The first kappa shape index (κ1) is 23.7. The highest BCUT2D eigenvalue weighted by molar-refractivity contribution is 7.92. The number of carbonyl (C=O) groups excluding carboxylic acids is 2. The topological polar surface area (TPSA) is 170 Å². The molecule has 0 unspecified atom stereocenters. The monoisotopic (exact) mass is 513 g/mol. The van der Waals surface area contributed by atoms with Crippen molar-refractivity contribution in [2.75, 3.05) is 23.0 Å². The van der Waals surface area contributed by atoms with Crippen LogP contribution in [0, 0.1) is 10.1 Å². The molecule has 0 aromatic heterocycles. The number of rotatable bonds is 5. The molecule has 1 aromatic rings. The fraction of sp³-hybridized carbons (Fsp3) is 0.500. The Morgan fingerprint density at radius 2 is 1.23 bits per heavy atom. The highest BCUT2D eigenvalue weighted by Gasteiger charge is 2.39. The normalized spacial score (nSPS) is 28.7. The molecule has 0 aliphatic carbocycles. The zero-order valence-corrected chi connectivity index (χ0v) is 18.8. The molecule has 31 heavy (non-hydrogen) atoms. The van der Waals surface area contributed by atoms with Crippen LogP contribution in [0.1, 0.15) is 20.7 Å². The summed E-state index contributed by atoms with van der Waals surface area (Å²) >= 11 is 11.9. The molecule has 1 aromatic carbocycles. The van der Waals surface area contributed by atoms with Crippen molar-refractivity contribution in [1.29, 1.82) is 0 Å². The van der Waals surface area contributed by atoms with Crippen LogP contribution < -0.4 is 10.6 Å². The number of hydrogen-bond donors (Lipinski definition) is 2. The van der Waals surface area contributed by atoms with Gasteiger partial charge in [0.15, 0.2) is 19.7 Å². The summed E-state index contributed by atoms with van der Waals surface area (Å²) in [5.41, 5.74) is -1.07. The van der Waals surface area contributed by atoms with Crippen molar-refractivity contribution in [3.05, 3.63) is 39.4 Å². The minimum atomic E-state index is -3.42. The van der Waals surface area contributed by atoms with E-state index in [2.05, 4.69) is 10.6 Å². The zero-order chi connectivity index (χ0) is 23.1. The number of hydrogen-bond acceptors (Lipinski definition) is 8. The molecule has 2 fully saturated rings. The molecule has 11 nitrogen and oxygen atoms in total. The van der Waals surface area contributed by atoms with Gasteiger partial charge in [0.05, 0.1) is 50.8 Å². The SMILES string of the molecule is O=C(N[C@@H]1CS(=O)(=O)C[C@H]1Cl)c1cc(C(=O)N[C@@H]2CS(=O)(=O)C[C@@H]2Cl)cc([N+](=O)[O-])c1. The lowest BCUT2D eigenvalue weighted by molar-refractivity contribution is -0.384. The third-order valence-corrected chi connectivity index (χ3v) is 9.60. The van der Waals surface area contributed by atoms with Crippen molar-refractivity contribution >= 4 is 60.4 Å². The highest BCUT2D eigenvalue weighted by atomic mass is 35.5. The highest BCUT2D eigenvalue weighted by Crippen LogP contribution is 2.22. The molecule has 2 amide bonds. The molecule has 2 N–H and O–H groups in total. The van der Waals surface area contributed by atoms with Crippen molar-refractivity contribution in [2.45, 2.75) is 22.8 Å². The van der Waals surface area contributed by atoms with Crippen LogP contribution in [0.5, 0.6) is 0 Å². The van der Waals surface area contributed by atoms with Gasteiger partial charge in [-0.2, -0.15) is 0 Å². The van der Waals surface area contributed by atoms with Gasteiger partial charge in [-0.25, -0.2) is 16.8 Å². The van der Waals surface area contributed by atoms with Gasteiger partial charge in [-0.3, -0.25) is 19.7 Å². The van der Waals surface area contributed by atoms with Gasteiger partial charge in [0, 0.05) is 23.3 Å². The van der Waals surface area contributed by atoms with E-state index in [1.165, 1.54) is 0 Å². The van der Waals surface area contributed by atoms with E-state index < -0.39 is 64.9 Å². The Labute approximate surface area is 187 Å². The summed E-state index contributed by atoms with van der Waals surface area (Å²) in [5, 5.41) is 14.4. The number of non-ortho nitro benzene ring substituents is 1. The molecule has 0 bridgehead atoms. The quantitative estimate of drug-likeness (QED) is 0.311. The van der Waals surface area contributed by atoms with E-state index in [0.29, 0.717) is 0 Å². The number of halogens is 2. The Balaban J connectivity index is 1.83. The van der Waals surface area contributed by atoms with Crippen molar-refractivity contribution < 1.29 is 31.3 Å². The molecule has 2 saturated heterocycles.